The Labute approximate surface area is 145 Å². The van der Waals surface area contributed by atoms with Gasteiger partial charge in [0.25, 0.3) is 5.91 Å². The highest BCUT2D eigenvalue weighted by atomic mass is 16.5. The number of nitrogens with one attached hydrogen (secondary N) is 1. The summed E-state index contributed by atoms with van der Waals surface area (Å²) >= 11 is 0. The number of carbonyl (C=O) groups is 2. The zero-order valence-corrected chi connectivity index (χ0v) is 14.1. The summed E-state index contributed by atoms with van der Waals surface area (Å²) in [5, 5.41) is 11.3. The second kappa shape index (κ2) is 8.68. The summed E-state index contributed by atoms with van der Waals surface area (Å²) in [6.45, 7) is 3.94. The third kappa shape index (κ3) is 5.20. The number of ether oxygens (including phenoxy) is 2. The number of amides is 1. The summed E-state index contributed by atoms with van der Waals surface area (Å²) in [7, 11) is 0. The van der Waals surface area contributed by atoms with Gasteiger partial charge in [-0.25, -0.2) is 0 Å². The van der Waals surface area contributed by atoms with Gasteiger partial charge in [0.2, 0.25) is 0 Å². The van der Waals surface area contributed by atoms with Crippen LogP contribution in [0.2, 0.25) is 0 Å². The second-order valence-electron chi connectivity index (χ2n) is 5.28. The van der Waals surface area contributed by atoms with E-state index in [-0.39, 0.29) is 0 Å². The molecule has 1 amide bonds. The molecule has 0 unspecified atom stereocenters. The van der Waals surface area contributed by atoms with E-state index < -0.39 is 17.9 Å². The number of nitrogens with zero attached hydrogens (tertiary/aromatic N) is 1. The normalized spacial score (nSPS) is 11.4. The van der Waals surface area contributed by atoms with Gasteiger partial charge in [-0.05, 0) is 38.1 Å². The van der Waals surface area contributed by atoms with E-state index in [9.17, 15) is 9.59 Å². The fourth-order valence-corrected chi connectivity index (χ4v) is 2.02. The molecule has 25 heavy (non-hydrogen) atoms. The predicted molar refractivity (Wildman–Crippen MR) is 90.7 cm³/mol. The van der Waals surface area contributed by atoms with Gasteiger partial charge in [0.15, 0.2) is 11.5 Å². The lowest BCUT2D eigenvalue weighted by atomic mass is 10.1. The molecule has 7 heteroatoms. The Morgan fingerprint density at radius 1 is 1.24 bits per heavy atom. The van der Waals surface area contributed by atoms with E-state index in [4.69, 9.17) is 14.6 Å². The highest BCUT2D eigenvalue weighted by molar-refractivity contribution is 5.97. The van der Waals surface area contributed by atoms with Gasteiger partial charge in [-0.1, -0.05) is 6.07 Å². The van der Waals surface area contributed by atoms with Crippen molar-refractivity contribution in [3.63, 3.8) is 0 Å². The predicted octanol–water partition coefficient (Wildman–Crippen LogP) is 2.26. The van der Waals surface area contributed by atoms with E-state index in [0.717, 1.165) is 5.56 Å². The highest BCUT2D eigenvalue weighted by Crippen LogP contribution is 2.29. The van der Waals surface area contributed by atoms with Crippen molar-refractivity contribution in [3.8, 4) is 11.5 Å². The van der Waals surface area contributed by atoms with Crippen LogP contribution in [0.1, 0.15) is 29.8 Å². The topological polar surface area (TPSA) is 97.8 Å². The van der Waals surface area contributed by atoms with Crippen molar-refractivity contribution in [1.29, 1.82) is 0 Å². The first kappa shape index (κ1) is 18.3. The van der Waals surface area contributed by atoms with Crippen LogP contribution in [0.5, 0.6) is 11.5 Å². The number of hydrogen-bond acceptors (Lipinski definition) is 5. The van der Waals surface area contributed by atoms with E-state index in [1.807, 2.05) is 19.1 Å². The molecule has 0 spiro atoms. The largest absolute Gasteiger partial charge is 0.490 e. The summed E-state index contributed by atoms with van der Waals surface area (Å²) in [5.74, 6) is -0.681. The Hall–Kier alpha value is -3.09. The summed E-state index contributed by atoms with van der Waals surface area (Å²) in [6.07, 6.45) is 3.39. The fourth-order valence-electron chi connectivity index (χ4n) is 2.02. The molecule has 1 atom stereocenters. The van der Waals surface area contributed by atoms with Crippen LogP contribution in [0.15, 0.2) is 42.7 Å². The average molecular weight is 344 g/mol. The SMILES string of the molecule is CCOc1cc(C(=O)N[C@H](C)C(=O)O)ccc1OCc1cccnc1. The molecule has 1 aromatic carbocycles. The first-order chi connectivity index (χ1) is 12.0. The molecule has 0 aliphatic rings. The maximum atomic E-state index is 12.1. The van der Waals surface area contributed by atoms with Gasteiger partial charge < -0.3 is 19.9 Å². The molecule has 2 aromatic rings. The lowest BCUT2D eigenvalue weighted by molar-refractivity contribution is -0.138. The van der Waals surface area contributed by atoms with Gasteiger partial charge in [0, 0.05) is 23.5 Å². The number of carbonyl (C=O) groups excluding carboxylic acids is 1. The van der Waals surface area contributed by atoms with E-state index in [1.54, 1.807) is 24.5 Å². The van der Waals surface area contributed by atoms with Crippen molar-refractivity contribution >= 4 is 11.9 Å². The number of carboxylic acids is 1. The minimum atomic E-state index is -1.10. The maximum Gasteiger partial charge on any atom is 0.325 e. The molecule has 0 aliphatic carbocycles. The van der Waals surface area contributed by atoms with Gasteiger partial charge in [-0.2, -0.15) is 0 Å². The van der Waals surface area contributed by atoms with Crippen LogP contribution < -0.4 is 14.8 Å². The summed E-state index contributed by atoms with van der Waals surface area (Å²) in [5.41, 5.74) is 1.20. The van der Waals surface area contributed by atoms with Crippen LogP contribution >= 0.6 is 0 Å². The molecule has 0 bridgehead atoms. The molecule has 132 valence electrons. The number of benzene rings is 1. The molecule has 1 heterocycles. The number of aromatic nitrogens is 1. The number of pyridine rings is 1. The minimum absolute atomic E-state index is 0.297. The van der Waals surface area contributed by atoms with Gasteiger partial charge in [0.05, 0.1) is 6.61 Å². The van der Waals surface area contributed by atoms with Crippen molar-refractivity contribution in [1.82, 2.24) is 10.3 Å². The van der Waals surface area contributed by atoms with E-state index in [0.29, 0.717) is 30.3 Å². The molecule has 1 aromatic heterocycles. The van der Waals surface area contributed by atoms with Crippen LogP contribution in [0.3, 0.4) is 0 Å². The number of hydrogen-bond donors (Lipinski definition) is 2. The van der Waals surface area contributed by atoms with Gasteiger partial charge in [0.1, 0.15) is 12.6 Å². The zero-order valence-electron chi connectivity index (χ0n) is 14.1. The molecule has 0 aliphatic heterocycles. The van der Waals surface area contributed by atoms with Gasteiger partial charge in [-0.3, -0.25) is 14.6 Å². The molecular formula is C18H20N2O5. The van der Waals surface area contributed by atoms with E-state index >= 15 is 0 Å². The van der Waals surface area contributed by atoms with Gasteiger partial charge in [-0.15, -0.1) is 0 Å². The zero-order chi connectivity index (χ0) is 18.2. The number of carboxylic acid groups (broad SMARTS) is 1. The lowest BCUT2D eigenvalue weighted by Gasteiger charge is -2.14. The van der Waals surface area contributed by atoms with Crippen LogP contribution in [0.25, 0.3) is 0 Å². The fraction of sp³-hybridized carbons (Fsp3) is 0.278. The maximum absolute atomic E-state index is 12.1. The first-order valence-electron chi connectivity index (χ1n) is 7.83. The monoisotopic (exact) mass is 344 g/mol. The summed E-state index contributed by atoms with van der Waals surface area (Å²) in [6, 6.07) is 7.45. The minimum Gasteiger partial charge on any atom is -0.490 e. The van der Waals surface area contributed by atoms with Crippen molar-refractivity contribution in [3.05, 3.63) is 53.9 Å². The number of rotatable bonds is 8. The van der Waals surface area contributed by atoms with Crippen molar-refractivity contribution < 1.29 is 24.2 Å². The molecule has 0 radical (unpaired) electrons. The van der Waals surface area contributed by atoms with Crippen LogP contribution in [-0.4, -0.2) is 34.6 Å². The molecule has 2 N–H and O–H groups in total. The van der Waals surface area contributed by atoms with Crippen LogP contribution in [0.4, 0.5) is 0 Å². The Bertz CT molecular complexity index is 734. The smallest absolute Gasteiger partial charge is 0.325 e. The molecular weight excluding hydrogens is 324 g/mol. The summed E-state index contributed by atoms with van der Waals surface area (Å²) < 4.78 is 11.3. The molecule has 2 rings (SSSR count). The van der Waals surface area contributed by atoms with Crippen molar-refractivity contribution in [2.24, 2.45) is 0 Å². The van der Waals surface area contributed by atoms with Crippen LogP contribution in [0, 0.1) is 0 Å². The van der Waals surface area contributed by atoms with Crippen molar-refractivity contribution in [2.45, 2.75) is 26.5 Å². The standard InChI is InChI=1S/C18H20N2O5/c1-3-24-16-9-14(17(21)20-12(2)18(22)23)6-7-15(16)25-11-13-5-4-8-19-10-13/h4-10,12H,3,11H2,1-2H3,(H,20,21)(H,22,23)/t12-/m1/s1. The van der Waals surface area contributed by atoms with Crippen molar-refractivity contribution in [2.75, 3.05) is 6.61 Å². The highest BCUT2D eigenvalue weighted by Gasteiger charge is 2.17. The Kier molecular flexibility index (Phi) is 6.33. The number of aliphatic carboxylic acids is 1. The van der Waals surface area contributed by atoms with Crippen LogP contribution in [-0.2, 0) is 11.4 Å². The van der Waals surface area contributed by atoms with E-state index in [1.165, 1.54) is 13.0 Å². The quantitative estimate of drug-likeness (QED) is 0.762. The molecule has 7 nitrogen and oxygen atoms in total. The van der Waals surface area contributed by atoms with E-state index in [2.05, 4.69) is 10.3 Å². The Morgan fingerprint density at radius 2 is 2.04 bits per heavy atom. The third-order valence-corrected chi connectivity index (χ3v) is 3.34. The third-order valence-electron chi connectivity index (χ3n) is 3.34. The molecule has 0 fully saturated rings. The molecule has 0 saturated carbocycles. The Balaban J connectivity index is 2.13. The summed E-state index contributed by atoms with van der Waals surface area (Å²) in [4.78, 5) is 27.0. The second-order valence-corrected chi connectivity index (χ2v) is 5.28. The lowest BCUT2D eigenvalue weighted by Crippen LogP contribution is -2.38. The Morgan fingerprint density at radius 3 is 2.68 bits per heavy atom. The first-order valence-corrected chi connectivity index (χ1v) is 7.83. The average Bonchev–Trinajstić information content (AvgIpc) is 2.61. The van der Waals surface area contributed by atoms with Gasteiger partial charge >= 0.3 is 5.97 Å². The molecule has 0 saturated heterocycles.